The van der Waals surface area contributed by atoms with Crippen molar-refractivity contribution in [1.29, 1.82) is 0 Å². The molecule has 2 aliphatic heterocycles. The van der Waals surface area contributed by atoms with Crippen LogP contribution in [0.1, 0.15) is 34.6 Å². The van der Waals surface area contributed by atoms with E-state index in [1.807, 2.05) is 0 Å². The molecule has 2 fully saturated rings. The van der Waals surface area contributed by atoms with Gasteiger partial charge < -0.3 is 37.9 Å². The van der Waals surface area contributed by atoms with Gasteiger partial charge in [0.2, 0.25) is 0 Å². The first-order chi connectivity index (χ1) is 18.7. The van der Waals surface area contributed by atoms with Crippen LogP contribution in [0.5, 0.6) is 0 Å². The molecule has 0 bridgehead atoms. The molecular formula is C24H33Cl3O13. The summed E-state index contributed by atoms with van der Waals surface area (Å²) in [5.74, 6) is -3.73. The Hall–Kier alpha value is -1.90. The first-order valence-corrected chi connectivity index (χ1v) is 13.7. The van der Waals surface area contributed by atoms with Gasteiger partial charge in [-0.1, -0.05) is 0 Å². The lowest BCUT2D eigenvalue weighted by molar-refractivity contribution is -0.222. The molecule has 2 saturated heterocycles. The normalized spacial score (nSPS) is 33.5. The van der Waals surface area contributed by atoms with Crippen LogP contribution in [0.25, 0.3) is 0 Å². The van der Waals surface area contributed by atoms with Crippen molar-refractivity contribution in [2.75, 3.05) is 31.6 Å². The molecule has 9 atom stereocenters. The molecule has 16 heteroatoms. The molecule has 13 nitrogen and oxygen atoms in total. The van der Waals surface area contributed by atoms with Crippen molar-refractivity contribution in [1.82, 2.24) is 0 Å². The maximum Gasteiger partial charge on any atom is 0.303 e. The molecule has 0 spiro atoms. The molecule has 2 aliphatic rings. The van der Waals surface area contributed by atoms with Crippen LogP contribution in [-0.4, -0.2) is 115 Å². The van der Waals surface area contributed by atoms with E-state index in [4.69, 9.17) is 72.7 Å². The van der Waals surface area contributed by atoms with Crippen LogP contribution in [0, 0.1) is 0 Å². The lowest BCUT2D eigenvalue weighted by atomic mass is 9.96. The van der Waals surface area contributed by atoms with E-state index in [0.717, 1.165) is 13.8 Å². The van der Waals surface area contributed by atoms with Gasteiger partial charge in [-0.15, -0.1) is 34.8 Å². The molecule has 0 aromatic rings. The van der Waals surface area contributed by atoms with Gasteiger partial charge in [-0.25, -0.2) is 0 Å². The lowest BCUT2D eigenvalue weighted by Gasteiger charge is -2.43. The van der Waals surface area contributed by atoms with Crippen LogP contribution in [0.4, 0.5) is 0 Å². The van der Waals surface area contributed by atoms with Gasteiger partial charge in [0.1, 0.15) is 35.9 Å². The van der Waals surface area contributed by atoms with Crippen LogP contribution >= 0.6 is 34.8 Å². The number of rotatable bonds is 12. The SMILES string of the molecule is CC(=O)OC[C@@H]1O[C@H](COC[C@]2(CCl)O[C@H](CCl)[C@H](OC(C)=O)[C@@H]2OC(C)=O)[C@H](OC(C)=O)[C@@H](OC(C)=O)[C@H]1Cl. The van der Waals surface area contributed by atoms with E-state index in [1.165, 1.54) is 20.8 Å². The Morgan fingerprint density at radius 2 is 1.25 bits per heavy atom. The Balaban J connectivity index is 2.31. The Bertz CT molecular complexity index is 934. The minimum Gasteiger partial charge on any atom is -0.463 e. The van der Waals surface area contributed by atoms with Gasteiger partial charge in [-0.2, -0.15) is 0 Å². The number of halogens is 3. The number of carbonyl (C=O) groups excluding carboxylic acids is 5. The fraction of sp³-hybridized carbons (Fsp3) is 0.792. The highest BCUT2D eigenvalue weighted by atomic mass is 35.5. The van der Waals surface area contributed by atoms with E-state index < -0.39 is 83.6 Å². The Kier molecular flexibility index (Phi) is 13.2. The van der Waals surface area contributed by atoms with Crippen molar-refractivity contribution in [3.8, 4) is 0 Å². The molecule has 0 radical (unpaired) electrons. The molecule has 2 heterocycles. The van der Waals surface area contributed by atoms with Gasteiger partial charge in [0, 0.05) is 34.6 Å². The first-order valence-electron chi connectivity index (χ1n) is 12.2. The minimum absolute atomic E-state index is 0.117. The van der Waals surface area contributed by atoms with Gasteiger partial charge in [0.05, 0.1) is 25.0 Å². The smallest absolute Gasteiger partial charge is 0.303 e. The second-order valence-corrected chi connectivity index (χ2v) is 10.3. The fourth-order valence-electron chi connectivity index (χ4n) is 4.45. The molecule has 228 valence electrons. The summed E-state index contributed by atoms with van der Waals surface area (Å²) < 4.78 is 44.4. The number of ether oxygens (including phenoxy) is 8. The molecule has 0 saturated carbocycles. The third kappa shape index (κ3) is 9.05. The highest BCUT2D eigenvalue weighted by Crippen LogP contribution is 2.38. The second kappa shape index (κ2) is 15.4. The van der Waals surface area contributed by atoms with Gasteiger partial charge in [-0.05, 0) is 0 Å². The topological polar surface area (TPSA) is 159 Å². The summed E-state index contributed by atoms with van der Waals surface area (Å²) in [6, 6.07) is 0. The van der Waals surface area contributed by atoms with Crippen molar-refractivity contribution in [2.45, 2.75) is 88.3 Å². The van der Waals surface area contributed by atoms with Crippen molar-refractivity contribution in [3.05, 3.63) is 0 Å². The molecule has 0 unspecified atom stereocenters. The molecule has 0 aliphatic carbocycles. The zero-order valence-corrected chi connectivity index (χ0v) is 24.9. The number of alkyl halides is 3. The summed E-state index contributed by atoms with van der Waals surface area (Å²) in [6.45, 7) is 4.95. The molecule has 0 aromatic heterocycles. The highest BCUT2D eigenvalue weighted by Gasteiger charge is 2.59. The van der Waals surface area contributed by atoms with E-state index in [0.29, 0.717) is 0 Å². The first kappa shape index (κ1) is 34.3. The van der Waals surface area contributed by atoms with E-state index in [-0.39, 0.29) is 31.6 Å². The summed E-state index contributed by atoms with van der Waals surface area (Å²) in [5.41, 5.74) is -1.50. The fourth-order valence-corrected chi connectivity index (χ4v) is 5.30. The standard InChI is InChI=1S/C24H33Cl3O13/c1-11(28)34-8-17-19(27)22(37-14(4)31)20(35-12(2)29)18(39-17)7-33-10-24(9-26)23(38-15(5)32)21(36-13(3)30)16(6-25)40-24/h16-23H,6-10H2,1-5H3/t16-,17+,18-,19+,20+,21+,22+,23+,24+/m1/s1. The summed E-state index contributed by atoms with van der Waals surface area (Å²) in [5, 5.41) is -1.06. The Morgan fingerprint density at radius 1 is 0.700 bits per heavy atom. The van der Waals surface area contributed by atoms with Crippen molar-refractivity contribution < 1.29 is 61.9 Å². The van der Waals surface area contributed by atoms with E-state index >= 15 is 0 Å². The maximum absolute atomic E-state index is 11.9. The van der Waals surface area contributed by atoms with Gasteiger partial charge in [0.25, 0.3) is 0 Å². The zero-order valence-electron chi connectivity index (χ0n) is 22.6. The number of esters is 5. The van der Waals surface area contributed by atoms with Crippen LogP contribution in [0.2, 0.25) is 0 Å². The third-order valence-electron chi connectivity index (χ3n) is 5.93. The molecule has 0 amide bonds. The number of hydrogen-bond donors (Lipinski definition) is 0. The highest BCUT2D eigenvalue weighted by molar-refractivity contribution is 6.21. The molecule has 40 heavy (non-hydrogen) atoms. The Labute approximate surface area is 246 Å². The van der Waals surface area contributed by atoms with Gasteiger partial charge >= 0.3 is 29.8 Å². The molecular weight excluding hydrogens is 603 g/mol. The zero-order chi connectivity index (χ0) is 30.2. The van der Waals surface area contributed by atoms with Crippen LogP contribution in [0.3, 0.4) is 0 Å². The van der Waals surface area contributed by atoms with E-state index in [9.17, 15) is 24.0 Å². The van der Waals surface area contributed by atoms with Gasteiger partial charge in [0.15, 0.2) is 24.4 Å². The minimum atomic E-state index is -1.50. The summed E-state index contributed by atoms with van der Waals surface area (Å²) >= 11 is 18.8. The predicted molar refractivity (Wildman–Crippen MR) is 137 cm³/mol. The van der Waals surface area contributed by atoms with Crippen molar-refractivity contribution in [3.63, 3.8) is 0 Å². The van der Waals surface area contributed by atoms with Crippen molar-refractivity contribution >= 4 is 64.6 Å². The van der Waals surface area contributed by atoms with Crippen LogP contribution in [-0.2, 0) is 61.9 Å². The molecule has 0 aromatic carbocycles. The van der Waals surface area contributed by atoms with Gasteiger partial charge in [-0.3, -0.25) is 24.0 Å². The van der Waals surface area contributed by atoms with Crippen LogP contribution < -0.4 is 0 Å². The number of hydrogen-bond acceptors (Lipinski definition) is 13. The number of carbonyl (C=O) groups is 5. The quantitative estimate of drug-likeness (QED) is 0.172. The third-order valence-corrected chi connectivity index (χ3v) is 7.22. The van der Waals surface area contributed by atoms with Crippen molar-refractivity contribution in [2.24, 2.45) is 0 Å². The monoisotopic (exact) mass is 634 g/mol. The van der Waals surface area contributed by atoms with Crippen LogP contribution in [0.15, 0.2) is 0 Å². The predicted octanol–water partition coefficient (Wildman–Crippen LogP) is 1.28. The molecule has 2 rings (SSSR count). The summed E-state index contributed by atoms with van der Waals surface area (Å²) in [7, 11) is 0. The Morgan fingerprint density at radius 3 is 1.75 bits per heavy atom. The summed E-state index contributed by atoms with van der Waals surface area (Å²) in [4.78, 5) is 58.7. The van der Waals surface area contributed by atoms with E-state index in [2.05, 4.69) is 0 Å². The lowest BCUT2D eigenvalue weighted by Crippen LogP contribution is -2.61. The second-order valence-electron chi connectivity index (χ2n) is 9.24. The van der Waals surface area contributed by atoms with E-state index in [1.54, 1.807) is 0 Å². The average Bonchev–Trinajstić information content (AvgIpc) is 3.13. The maximum atomic E-state index is 11.9. The summed E-state index contributed by atoms with van der Waals surface area (Å²) in [6.07, 6.45) is -7.55. The molecule has 0 N–H and O–H groups in total. The largest absolute Gasteiger partial charge is 0.463 e. The average molecular weight is 636 g/mol.